The molecule has 2 aromatic rings. The molecule has 0 N–H and O–H groups in total. The van der Waals surface area contributed by atoms with E-state index in [0.717, 1.165) is 0 Å². The van der Waals surface area contributed by atoms with Gasteiger partial charge in [-0.15, -0.1) is 0 Å². The third-order valence-electron chi connectivity index (χ3n) is 5.72. The minimum atomic E-state index is -0.622. The molecule has 2 heterocycles. The molecular weight excluding hydrogens is 412 g/mol. The highest BCUT2D eigenvalue weighted by Gasteiger charge is 2.33. The number of esters is 1. The van der Waals surface area contributed by atoms with Gasteiger partial charge in [0.25, 0.3) is 5.91 Å². The average molecular weight is 443 g/mol. The molecule has 0 bridgehead atoms. The highest BCUT2D eigenvalue weighted by Crippen LogP contribution is 2.33. The number of methoxy groups -OCH3 is 1. The van der Waals surface area contributed by atoms with Crippen molar-refractivity contribution in [2.24, 2.45) is 0 Å². The van der Waals surface area contributed by atoms with Crippen molar-refractivity contribution in [3.63, 3.8) is 0 Å². The number of nitrogens with zero attached hydrogens (tertiary/aromatic N) is 2. The Labute approximate surface area is 188 Å². The number of carbonyl (C=O) groups is 3. The normalized spacial score (nSPS) is 12.6. The predicted octanol–water partition coefficient (Wildman–Crippen LogP) is 3.76. The maximum atomic E-state index is 13.5. The first-order chi connectivity index (χ1) is 15.0. The van der Waals surface area contributed by atoms with Crippen molar-refractivity contribution in [3.8, 4) is 11.5 Å². The summed E-state index contributed by atoms with van der Waals surface area (Å²) in [5.74, 6) is 0.0763. The average Bonchev–Trinajstić information content (AvgIpc) is 3.30. The zero-order valence-corrected chi connectivity index (χ0v) is 19.7. The van der Waals surface area contributed by atoms with Crippen molar-refractivity contribution in [2.75, 3.05) is 20.4 Å². The molecule has 8 heteroatoms. The molecule has 1 aliphatic heterocycles. The van der Waals surface area contributed by atoms with Crippen LogP contribution in [0.25, 0.3) is 0 Å². The maximum Gasteiger partial charge on any atom is 0.354 e. The molecular formula is C24H30N2O6. The van der Waals surface area contributed by atoms with Crippen LogP contribution in [0.1, 0.15) is 70.2 Å². The van der Waals surface area contributed by atoms with Gasteiger partial charge in [0.15, 0.2) is 17.3 Å². The van der Waals surface area contributed by atoms with E-state index in [2.05, 4.69) is 0 Å². The van der Waals surface area contributed by atoms with Crippen LogP contribution in [0.3, 0.4) is 0 Å². The zero-order chi connectivity index (χ0) is 23.8. The van der Waals surface area contributed by atoms with E-state index in [9.17, 15) is 14.4 Å². The second-order valence-corrected chi connectivity index (χ2v) is 8.72. The number of aromatic nitrogens is 1. The number of amides is 1. The topological polar surface area (TPSA) is 87.1 Å². The van der Waals surface area contributed by atoms with Crippen LogP contribution in [0.15, 0.2) is 18.2 Å². The van der Waals surface area contributed by atoms with Crippen molar-refractivity contribution in [2.45, 2.75) is 53.6 Å². The molecule has 3 rings (SSSR count). The predicted molar refractivity (Wildman–Crippen MR) is 119 cm³/mol. The fourth-order valence-electron chi connectivity index (χ4n) is 4.08. The van der Waals surface area contributed by atoms with E-state index in [-0.39, 0.29) is 25.0 Å². The highest BCUT2D eigenvalue weighted by atomic mass is 16.7. The van der Waals surface area contributed by atoms with E-state index in [1.165, 1.54) is 12.0 Å². The molecule has 1 aromatic carbocycles. The van der Waals surface area contributed by atoms with Crippen LogP contribution in [0.5, 0.6) is 11.5 Å². The van der Waals surface area contributed by atoms with E-state index < -0.39 is 11.5 Å². The van der Waals surface area contributed by atoms with Crippen LogP contribution in [0.2, 0.25) is 0 Å². The van der Waals surface area contributed by atoms with E-state index in [0.29, 0.717) is 46.1 Å². The van der Waals surface area contributed by atoms with Gasteiger partial charge in [0.2, 0.25) is 6.79 Å². The van der Waals surface area contributed by atoms with Gasteiger partial charge in [0.1, 0.15) is 5.69 Å². The maximum absolute atomic E-state index is 13.5. The van der Waals surface area contributed by atoms with Gasteiger partial charge in [-0.1, -0.05) is 0 Å². The second kappa shape index (κ2) is 8.68. The molecule has 172 valence electrons. The summed E-state index contributed by atoms with van der Waals surface area (Å²) in [6.45, 7) is 11.6. The monoisotopic (exact) mass is 442 g/mol. The Morgan fingerprint density at radius 1 is 1.12 bits per heavy atom. The Hall–Kier alpha value is -3.29. The highest BCUT2D eigenvalue weighted by molar-refractivity contribution is 6.06. The molecule has 32 heavy (non-hydrogen) atoms. The second-order valence-electron chi connectivity index (χ2n) is 8.72. The van der Waals surface area contributed by atoms with E-state index in [1.807, 2.05) is 27.7 Å². The molecule has 0 atom stereocenters. The molecule has 1 amide bonds. The Morgan fingerprint density at radius 2 is 1.78 bits per heavy atom. The molecule has 0 unspecified atom stereocenters. The lowest BCUT2D eigenvalue weighted by Gasteiger charge is -2.35. The first-order valence-electron chi connectivity index (χ1n) is 10.5. The van der Waals surface area contributed by atoms with E-state index in [1.54, 1.807) is 36.6 Å². The van der Waals surface area contributed by atoms with Gasteiger partial charge in [-0.05, 0) is 65.3 Å². The van der Waals surface area contributed by atoms with Crippen molar-refractivity contribution < 1.29 is 28.6 Å². The smallest absolute Gasteiger partial charge is 0.354 e. The molecule has 1 aromatic heterocycles. The van der Waals surface area contributed by atoms with Crippen LogP contribution < -0.4 is 9.47 Å². The third-order valence-corrected chi connectivity index (χ3v) is 5.72. The summed E-state index contributed by atoms with van der Waals surface area (Å²) in [7, 11) is 1.32. The summed E-state index contributed by atoms with van der Waals surface area (Å²) >= 11 is 0. The molecule has 1 aliphatic rings. The molecule has 0 aliphatic carbocycles. The fourth-order valence-corrected chi connectivity index (χ4v) is 4.08. The quantitative estimate of drug-likeness (QED) is 0.500. The Kier molecular flexibility index (Phi) is 6.34. The van der Waals surface area contributed by atoms with Gasteiger partial charge in [-0.25, -0.2) is 4.79 Å². The zero-order valence-electron chi connectivity index (χ0n) is 19.7. The van der Waals surface area contributed by atoms with Gasteiger partial charge in [-0.3, -0.25) is 9.59 Å². The third kappa shape index (κ3) is 4.09. The van der Waals surface area contributed by atoms with E-state index >= 15 is 0 Å². The summed E-state index contributed by atoms with van der Waals surface area (Å²) in [5.41, 5.74) is 1.83. The lowest BCUT2D eigenvalue weighted by molar-refractivity contribution is 0.0545. The number of hydrogen-bond acceptors (Lipinski definition) is 6. The fraction of sp³-hybridized carbons (Fsp3) is 0.458. The summed E-state index contributed by atoms with van der Waals surface area (Å²) in [4.78, 5) is 40.7. The number of rotatable bonds is 6. The number of carbonyl (C=O) groups excluding carboxylic acids is 3. The Bertz CT molecular complexity index is 1080. The van der Waals surface area contributed by atoms with Gasteiger partial charge in [0.05, 0.1) is 13.7 Å². The summed E-state index contributed by atoms with van der Waals surface area (Å²) in [5, 5.41) is 0. The number of fused-ring (bicyclic) bond motifs is 1. The van der Waals surface area contributed by atoms with E-state index in [4.69, 9.17) is 14.2 Å². The van der Waals surface area contributed by atoms with Crippen LogP contribution in [-0.2, 0) is 11.3 Å². The van der Waals surface area contributed by atoms with Gasteiger partial charge in [0, 0.05) is 28.9 Å². The number of benzene rings is 1. The van der Waals surface area contributed by atoms with Crippen molar-refractivity contribution in [1.29, 1.82) is 0 Å². The van der Waals surface area contributed by atoms with Gasteiger partial charge in [-0.2, -0.15) is 0 Å². The first-order valence-corrected chi connectivity index (χ1v) is 10.5. The summed E-state index contributed by atoms with van der Waals surface area (Å²) in [6, 6.07) is 4.99. The SMILES string of the molecule is CCn1c(C)c(C(=O)CN(C(=O)c2ccc3c(c2)OCO3)C(C)(C)C)c(C)c1C(=O)OC. The van der Waals surface area contributed by atoms with Gasteiger partial charge < -0.3 is 23.7 Å². The van der Waals surface area contributed by atoms with Crippen molar-refractivity contribution in [1.82, 2.24) is 9.47 Å². The van der Waals surface area contributed by atoms with Crippen molar-refractivity contribution in [3.05, 3.63) is 46.3 Å². The van der Waals surface area contributed by atoms with Crippen LogP contribution in [0, 0.1) is 13.8 Å². The molecule has 0 fully saturated rings. The minimum absolute atomic E-state index is 0.115. The van der Waals surface area contributed by atoms with Crippen molar-refractivity contribution >= 4 is 17.7 Å². The molecule has 0 spiro atoms. The standard InChI is InChI=1S/C24H30N2O6/c1-8-25-15(3)20(14(2)21(25)23(29)30-7)17(27)12-26(24(4,5)6)22(28)16-9-10-18-19(11-16)32-13-31-18/h9-11H,8,12-13H2,1-7H3. The molecule has 0 saturated carbocycles. The molecule has 0 radical (unpaired) electrons. The van der Waals surface area contributed by atoms with Crippen LogP contribution in [-0.4, -0.2) is 53.1 Å². The number of ketones is 1. The first kappa shape index (κ1) is 23.4. The minimum Gasteiger partial charge on any atom is -0.464 e. The van der Waals surface area contributed by atoms with Gasteiger partial charge >= 0.3 is 5.97 Å². The number of Topliss-reactive ketones (excluding diaryl/α,β-unsaturated/α-hetero) is 1. The largest absolute Gasteiger partial charge is 0.464 e. The summed E-state index contributed by atoms with van der Waals surface area (Å²) < 4.78 is 17.4. The summed E-state index contributed by atoms with van der Waals surface area (Å²) in [6.07, 6.45) is 0. The Balaban J connectivity index is 1.97. The lowest BCUT2D eigenvalue weighted by atomic mass is 10.00. The number of hydrogen-bond donors (Lipinski definition) is 0. The van der Waals surface area contributed by atoms with Crippen LogP contribution in [0.4, 0.5) is 0 Å². The Morgan fingerprint density at radius 3 is 2.38 bits per heavy atom. The molecule has 8 nitrogen and oxygen atoms in total. The lowest BCUT2D eigenvalue weighted by Crippen LogP contribution is -2.48. The van der Waals surface area contributed by atoms with Crippen LogP contribution >= 0.6 is 0 Å². The number of ether oxygens (including phenoxy) is 3. The molecule has 0 saturated heterocycles.